The normalized spacial score (nSPS) is 24.3. The SMILES string of the molecule is CC1OCCC1NS(=O)(=O)c1cccnc1CN. The molecule has 100 valence electrons. The number of sulfonamides is 1. The number of hydrogen-bond acceptors (Lipinski definition) is 5. The lowest BCUT2D eigenvalue weighted by Gasteiger charge is -2.17. The summed E-state index contributed by atoms with van der Waals surface area (Å²) in [5.41, 5.74) is 5.88. The summed E-state index contributed by atoms with van der Waals surface area (Å²) in [5, 5.41) is 0. The van der Waals surface area contributed by atoms with Gasteiger partial charge in [0, 0.05) is 19.3 Å². The summed E-state index contributed by atoms with van der Waals surface area (Å²) in [7, 11) is -3.59. The Morgan fingerprint density at radius 3 is 3.00 bits per heavy atom. The maximum Gasteiger partial charge on any atom is 0.242 e. The zero-order valence-corrected chi connectivity index (χ0v) is 11.0. The molecule has 0 aliphatic carbocycles. The van der Waals surface area contributed by atoms with Gasteiger partial charge in [0.1, 0.15) is 4.90 Å². The van der Waals surface area contributed by atoms with E-state index in [-0.39, 0.29) is 23.6 Å². The first kappa shape index (κ1) is 13.4. The van der Waals surface area contributed by atoms with E-state index >= 15 is 0 Å². The second-order valence-corrected chi connectivity index (χ2v) is 5.93. The third kappa shape index (κ3) is 2.69. The molecule has 18 heavy (non-hydrogen) atoms. The Labute approximate surface area is 107 Å². The van der Waals surface area contributed by atoms with Crippen LogP contribution in [-0.2, 0) is 21.3 Å². The largest absolute Gasteiger partial charge is 0.377 e. The molecule has 7 heteroatoms. The second-order valence-electron chi connectivity index (χ2n) is 4.24. The summed E-state index contributed by atoms with van der Waals surface area (Å²) in [6.07, 6.45) is 2.10. The van der Waals surface area contributed by atoms with Gasteiger partial charge in [-0.2, -0.15) is 0 Å². The van der Waals surface area contributed by atoms with Crippen LogP contribution in [0.4, 0.5) is 0 Å². The van der Waals surface area contributed by atoms with Crippen molar-refractivity contribution in [2.45, 2.75) is 36.9 Å². The van der Waals surface area contributed by atoms with Gasteiger partial charge in [-0.3, -0.25) is 4.98 Å². The molecule has 1 fully saturated rings. The molecular weight excluding hydrogens is 254 g/mol. The van der Waals surface area contributed by atoms with Crippen molar-refractivity contribution in [3.8, 4) is 0 Å². The summed E-state index contributed by atoms with van der Waals surface area (Å²) in [6, 6.07) is 2.90. The second kappa shape index (κ2) is 5.31. The molecule has 1 aliphatic heterocycles. The van der Waals surface area contributed by atoms with E-state index in [2.05, 4.69) is 9.71 Å². The van der Waals surface area contributed by atoms with Crippen molar-refractivity contribution in [3.05, 3.63) is 24.0 Å². The molecule has 3 N–H and O–H groups in total. The molecule has 0 saturated carbocycles. The van der Waals surface area contributed by atoms with Gasteiger partial charge < -0.3 is 10.5 Å². The van der Waals surface area contributed by atoms with Crippen LogP contribution in [0, 0.1) is 0 Å². The Balaban J connectivity index is 2.25. The van der Waals surface area contributed by atoms with Crippen LogP contribution in [0.1, 0.15) is 19.0 Å². The molecule has 0 bridgehead atoms. The molecule has 2 unspecified atom stereocenters. The lowest BCUT2D eigenvalue weighted by Crippen LogP contribution is -2.39. The third-order valence-electron chi connectivity index (χ3n) is 3.01. The number of nitrogens with two attached hydrogens (primary N) is 1. The molecule has 1 saturated heterocycles. The van der Waals surface area contributed by atoms with Gasteiger partial charge in [-0.15, -0.1) is 0 Å². The fourth-order valence-electron chi connectivity index (χ4n) is 1.97. The summed E-state index contributed by atoms with van der Waals surface area (Å²) in [5.74, 6) is 0. The molecule has 2 heterocycles. The highest BCUT2D eigenvalue weighted by Crippen LogP contribution is 2.18. The van der Waals surface area contributed by atoms with E-state index in [9.17, 15) is 8.42 Å². The van der Waals surface area contributed by atoms with Crippen molar-refractivity contribution in [3.63, 3.8) is 0 Å². The van der Waals surface area contributed by atoms with Crippen LogP contribution in [-0.4, -0.2) is 32.2 Å². The summed E-state index contributed by atoms with van der Waals surface area (Å²) in [4.78, 5) is 4.13. The number of rotatable bonds is 4. The molecule has 2 atom stereocenters. The Morgan fingerprint density at radius 2 is 2.39 bits per heavy atom. The zero-order valence-electron chi connectivity index (χ0n) is 10.2. The van der Waals surface area contributed by atoms with Crippen molar-refractivity contribution < 1.29 is 13.2 Å². The minimum absolute atomic E-state index is 0.0911. The van der Waals surface area contributed by atoms with E-state index in [1.165, 1.54) is 12.3 Å². The Morgan fingerprint density at radius 1 is 1.61 bits per heavy atom. The highest BCUT2D eigenvalue weighted by atomic mass is 32.2. The predicted octanol–water partition coefficient (Wildman–Crippen LogP) is -0.00400. The molecule has 6 nitrogen and oxygen atoms in total. The highest BCUT2D eigenvalue weighted by molar-refractivity contribution is 7.89. The van der Waals surface area contributed by atoms with Crippen LogP contribution >= 0.6 is 0 Å². The Bertz CT molecular complexity index is 518. The number of hydrogen-bond donors (Lipinski definition) is 2. The van der Waals surface area contributed by atoms with Gasteiger partial charge in [0.25, 0.3) is 0 Å². The Kier molecular flexibility index (Phi) is 3.96. The third-order valence-corrected chi connectivity index (χ3v) is 4.58. The van der Waals surface area contributed by atoms with Crippen LogP contribution in [0.5, 0.6) is 0 Å². The molecule has 0 aromatic carbocycles. The average molecular weight is 271 g/mol. The smallest absolute Gasteiger partial charge is 0.242 e. The van der Waals surface area contributed by atoms with Crippen LogP contribution in [0.15, 0.2) is 23.2 Å². The molecule has 1 aliphatic rings. The lowest BCUT2D eigenvalue weighted by atomic mass is 10.2. The van der Waals surface area contributed by atoms with E-state index in [1.54, 1.807) is 6.07 Å². The van der Waals surface area contributed by atoms with Crippen LogP contribution < -0.4 is 10.5 Å². The number of nitrogens with one attached hydrogen (secondary N) is 1. The number of aromatic nitrogens is 1. The van der Waals surface area contributed by atoms with E-state index in [4.69, 9.17) is 10.5 Å². The minimum Gasteiger partial charge on any atom is -0.377 e. The van der Waals surface area contributed by atoms with E-state index in [1.807, 2.05) is 6.92 Å². The molecular formula is C11H17N3O3S. The highest BCUT2D eigenvalue weighted by Gasteiger charge is 2.30. The monoisotopic (exact) mass is 271 g/mol. The van der Waals surface area contributed by atoms with Gasteiger partial charge in [-0.1, -0.05) is 0 Å². The van der Waals surface area contributed by atoms with E-state index in [0.29, 0.717) is 18.7 Å². The van der Waals surface area contributed by atoms with Crippen molar-refractivity contribution >= 4 is 10.0 Å². The predicted molar refractivity (Wildman–Crippen MR) is 66.3 cm³/mol. The minimum atomic E-state index is -3.59. The van der Waals surface area contributed by atoms with Crippen molar-refractivity contribution in [2.75, 3.05) is 6.61 Å². The first-order chi connectivity index (χ1) is 8.54. The van der Waals surface area contributed by atoms with Crippen molar-refractivity contribution in [2.24, 2.45) is 5.73 Å². The maximum absolute atomic E-state index is 12.3. The van der Waals surface area contributed by atoms with Crippen LogP contribution in [0.3, 0.4) is 0 Å². The molecule has 2 rings (SSSR count). The number of pyridine rings is 1. The number of nitrogens with zero attached hydrogens (tertiary/aromatic N) is 1. The first-order valence-electron chi connectivity index (χ1n) is 5.82. The van der Waals surface area contributed by atoms with Gasteiger partial charge in [-0.25, -0.2) is 13.1 Å². The fourth-order valence-corrected chi connectivity index (χ4v) is 3.51. The van der Waals surface area contributed by atoms with Gasteiger partial charge in [0.2, 0.25) is 10.0 Å². The van der Waals surface area contributed by atoms with Gasteiger partial charge >= 0.3 is 0 Å². The van der Waals surface area contributed by atoms with E-state index in [0.717, 1.165) is 0 Å². The lowest BCUT2D eigenvalue weighted by molar-refractivity contribution is 0.117. The summed E-state index contributed by atoms with van der Waals surface area (Å²) in [6.45, 7) is 2.52. The van der Waals surface area contributed by atoms with Crippen molar-refractivity contribution in [1.29, 1.82) is 0 Å². The molecule has 0 radical (unpaired) electrons. The van der Waals surface area contributed by atoms with Gasteiger partial charge in [0.15, 0.2) is 0 Å². The van der Waals surface area contributed by atoms with Gasteiger partial charge in [-0.05, 0) is 25.5 Å². The van der Waals surface area contributed by atoms with Crippen LogP contribution in [0.25, 0.3) is 0 Å². The molecule has 1 aromatic heterocycles. The fraction of sp³-hybridized carbons (Fsp3) is 0.545. The number of ether oxygens (including phenoxy) is 1. The molecule has 0 amide bonds. The van der Waals surface area contributed by atoms with E-state index < -0.39 is 10.0 Å². The first-order valence-corrected chi connectivity index (χ1v) is 7.31. The topological polar surface area (TPSA) is 94.3 Å². The average Bonchev–Trinajstić information content (AvgIpc) is 2.74. The zero-order chi connectivity index (χ0) is 13.2. The maximum atomic E-state index is 12.3. The summed E-state index contributed by atoms with van der Waals surface area (Å²) < 4.78 is 32.5. The van der Waals surface area contributed by atoms with Crippen LogP contribution in [0.2, 0.25) is 0 Å². The quantitative estimate of drug-likeness (QED) is 0.803. The van der Waals surface area contributed by atoms with Gasteiger partial charge in [0.05, 0.1) is 17.8 Å². The molecule has 1 aromatic rings. The standard InChI is InChI=1S/C11H17N3O3S/c1-8-9(4-6-17-8)14-18(15,16)11-3-2-5-13-10(11)7-12/h2-3,5,8-9,14H,4,6-7,12H2,1H3. The Hall–Kier alpha value is -1.02. The van der Waals surface area contributed by atoms with Crippen molar-refractivity contribution in [1.82, 2.24) is 9.71 Å². The summed E-state index contributed by atoms with van der Waals surface area (Å²) >= 11 is 0. The molecule has 0 spiro atoms.